The molecular weight excluding hydrogens is 345 g/mol. The Bertz CT molecular complexity index is 661. The minimum Gasteiger partial charge on any atom is -0.342 e. The lowest BCUT2D eigenvalue weighted by molar-refractivity contribution is -0.138. The van der Waals surface area contributed by atoms with Gasteiger partial charge in [0.05, 0.1) is 5.56 Å². The van der Waals surface area contributed by atoms with E-state index in [9.17, 15) is 22.8 Å². The molecule has 0 atom stereocenters. The lowest BCUT2D eigenvalue weighted by Gasteiger charge is -2.35. The molecule has 2 amide bonds. The highest BCUT2D eigenvalue weighted by atomic mass is 19.4. The SMILES string of the molecule is O=C(c1cccc(C(F)(F)F)c1)N1CCC(C(=O)N2CCCCC2)CC1. The number of hydrogen-bond acceptors (Lipinski definition) is 2. The number of alkyl halides is 3. The summed E-state index contributed by atoms with van der Waals surface area (Å²) in [6.45, 7) is 2.42. The number of carbonyl (C=O) groups is 2. The van der Waals surface area contributed by atoms with Crippen molar-refractivity contribution < 1.29 is 22.8 Å². The summed E-state index contributed by atoms with van der Waals surface area (Å²) in [7, 11) is 0. The van der Waals surface area contributed by atoms with Crippen LogP contribution in [0.5, 0.6) is 0 Å². The quantitative estimate of drug-likeness (QED) is 0.801. The van der Waals surface area contributed by atoms with Crippen LogP contribution in [0.2, 0.25) is 0 Å². The normalized spacial score (nSPS) is 19.5. The van der Waals surface area contributed by atoms with Gasteiger partial charge in [0.25, 0.3) is 5.91 Å². The van der Waals surface area contributed by atoms with Gasteiger partial charge in [0.1, 0.15) is 0 Å². The summed E-state index contributed by atoms with van der Waals surface area (Å²) in [5.41, 5.74) is -0.779. The van der Waals surface area contributed by atoms with E-state index in [-0.39, 0.29) is 17.4 Å². The third-order valence-electron chi connectivity index (χ3n) is 5.24. The minimum absolute atomic E-state index is 0.0423. The summed E-state index contributed by atoms with van der Waals surface area (Å²) in [4.78, 5) is 28.5. The van der Waals surface area contributed by atoms with Crippen LogP contribution in [0, 0.1) is 5.92 Å². The first-order valence-electron chi connectivity index (χ1n) is 9.11. The topological polar surface area (TPSA) is 40.6 Å². The fraction of sp³-hybridized carbons (Fsp3) is 0.579. The van der Waals surface area contributed by atoms with Crippen LogP contribution in [-0.4, -0.2) is 47.8 Å². The maximum atomic E-state index is 12.8. The largest absolute Gasteiger partial charge is 0.416 e. The molecule has 1 aromatic carbocycles. The summed E-state index contributed by atoms with van der Waals surface area (Å²) in [6.07, 6.45) is -0.0881. The molecule has 2 fully saturated rings. The summed E-state index contributed by atoms with van der Waals surface area (Å²) >= 11 is 0. The van der Waals surface area contributed by atoms with Gasteiger partial charge in [-0.3, -0.25) is 9.59 Å². The molecule has 0 spiro atoms. The first-order valence-corrected chi connectivity index (χ1v) is 9.11. The molecule has 0 unspecified atom stereocenters. The van der Waals surface area contributed by atoms with Gasteiger partial charge in [0.2, 0.25) is 5.91 Å². The van der Waals surface area contributed by atoms with Crippen LogP contribution < -0.4 is 0 Å². The van der Waals surface area contributed by atoms with E-state index in [1.165, 1.54) is 12.1 Å². The van der Waals surface area contributed by atoms with Crippen molar-refractivity contribution >= 4 is 11.8 Å². The first kappa shape index (κ1) is 18.7. The predicted octanol–water partition coefficient (Wildman–Crippen LogP) is 3.57. The van der Waals surface area contributed by atoms with E-state index in [0.29, 0.717) is 25.9 Å². The van der Waals surface area contributed by atoms with Crippen molar-refractivity contribution in [2.45, 2.75) is 38.3 Å². The molecule has 2 aliphatic rings. The van der Waals surface area contributed by atoms with E-state index >= 15 is 0 Å². The number of benzene rings is 1. The van der Waals surface area contributed by atoms with E-state index < -0.39 is 17.6 Å². The summed E-state index contributed by atoms with van der Waals surface area (Å²) < 4.78 is 38.5. The number of rotatable bonds is 2. The van der Waals surface area contributed by atoms with Crippen LogP contribution in [-0.2, 0) is 11.0 Å². The van der Waals surface area contributed by atoms with Crippen molar-refractivity contribution in [1.82, 2.24) is 9.80 Å². The Morgan fingerprint density at radius 1 is 0.923 bits per heavy atom. The molecule has 0 saturated carbocycles. The molecule has 0 bridgehead atoms. The first-order chi connectivity index (χ1) is 12.4. The van der Waals surface area contributed by atoms with Crippen molar-refractivity contribution in [3.8, 4) is 0 Å². The van der Waals surface area contributed by atoms with Crippen molar-refractivity contribution in [2.75, 3.05) is 26.2 Å². The minimum atomic E-state index is -4.47. The van der Waals surface area contributed by atoms with Gasteiger partial charge in [-0.1, -0.05) is 6.07 Å². The second-order valence-corrected chi connectivity index (χ2v) is 7.03. The Kier molecular flexibility index (Phi) is 5.53. The fourth-order valence-corrected chi connectivity index (χ4v) is 3.71. The summed E-state index contributed by atoms with van der Waals surface area (Å²) in [6, 6.07) is 4.51. The number of piperidine rings is 2. The summed E-state index contributed by atoms with van der Waals surface area (Å²) in [5, 5.41) is 0. The van der Waals surface area contributed by atoms with E-state index in [1.54, 1.807) is 4.90 Å². The van der Waals surface area contributed by atoms with Gasteiger partial charge in [0, 0.05) is 37.7 Å². The van der Waals surface area contributed by atoms with Crippen molar-refractivity contribution in [3.05, 3.63) is 35.4 Å². The number of carbonyl (C=O) groups excluding carboxylic acids is 2. The molecule has 3 rings (SSSR count). The predicted molar refractivity (Wildman–Crippen MR) is 90.5 cm³/mol. The Morgan fingerprint density at radius 2 is 1.58 bits per heavy atom. The van der Waals surface area contributed by atoms with Crippen molar-refractivity contribution in [3.63, 3.8) is 0 Å². The maximum Gasteiger partial charge on any atom is 0.416 e. The van der Waals surface area contributed by atoms with Gasteiger partial charge in [-0.15, -0.1) is 0 Å². The molecule has 0 radical (unpaired) electrons. The Hall–Kier alpha value is -2.05. The average molecular weight is 368 g/mol. The molecule has 26 heavy (non-hydrogen) atoms. The molecule has 0 aliphatic carbocycles. The molecule has 1 aromatic rings. The number of amides is 2. The van der Waals surface area contributed by atoms with Gasteiger partial charge < -0.3 is 9.80 Å². The molecule has 2 saturated heterocycles. The number of likely N-dealkylation sites (tertiary alicyclic amines) is 2. The van der Waals surface area contributed by atoms with E-state index in [1.807, 2.05) is 4.90 Å². The third-order valence-corrected chi connectivity index (χ3v) is 5.24. The molecule has 0 N–H and O–H groups in total. The molecule has 4 nitrogen and oxygen atoms in total. The molecule has 2 heterocycles. The Labute approximate surface area is 151 Å². The highest BCUT2D eigenvalue weighted by Crippen LogP contribution is 2.30. The van der Waals surface area contributed by atoms with E-state index in [2.05, 4.69) is 0 Å². The molecule has 7 heteroatoms. The van der Waals surface area contributed by atoms with Gasteiger partial charge in [-0.25, -0.2) is 0 Å². The van der Waals surface area contributed by atoms with Gasteiger partial charge in [-0.05, 0) is 50.3 Å². The highest BCUT2D eigenvalue weighted by molar-refractivity contribution is 5.94. The van der Waals surface area contributed by atoms with Crippen LogP contribution in [0.3, 0.4) is 0 Å². The number of hydrogen-bond donors (Lipinski definition) is 0. The Balaban J connectivity index is 1.59. The lowest BCUT2D eigenvalue weighted by atomic mass is 9.94. The van der Waals surface area contributed by atoms with Crippen molar-refractivity contribution in [2.24, 2.45) is 5.92 Å². The molecular formula is C19H23F3N2O2. The highest BCUT2D eigenvalue weighted by Gasteiger charge is 2.33. The van der Waals surface area contributed by atoms with Crippen LogP contribution in [0.1, 0.15) is 48.0 Å². The second kappa shape index (κ2) is 7.68. The van der Waals surface area contributed by atoms with Crippen LogP contribution in [0.15, 0.2) is 24.3 Å². The van der Waals surface area contributed by atoms with Gasteiger partial charge >= 0.3 is 6.18 Å². The van der Waals surface area contributed by atoms with E-state index in [0.717, 1.165) is 44.5 Å². The average Bonchev–Trinajstić information content (AvgIpc) is 2.67. The Morgan fingerprint density at radius 3 is 2.19 bits per heavy atom. The monoisotopic (exact) mass is 368 g/mol. The zero-order valence-electron chi connectivity index (χ0n) is 14.6. The van der Waals surface area contributed by atoms with E-state index in [4.69, 9.17) is 0 Å². The molecule has 2 aliphatic heterocycles. The lowest BCUT2D eigenvalue weighted by Crippen LogP contribution is -2.45. The second-order valence-electron chi connectivity index (χ2n) is 7.03. The smallest absolute Gasteiger partial charge is 0.342 e. The summed E-state index contributed by atoms with van der Waals surface area (Å²) in [5.74, 6) is -0.325. The van der Waals surface area contributed by atoms with Gasteiger partial charge in [-0.2, -0.15) is 13.2 Å². The van der Waals surface area contributed by atoms with Crippen molar-refractivity contribution in [1.29, 1.82) is 0 Å². The van der Waals surface area contributed by atoms with Gasteiger partial charge in [0.15, 0.2) is 0 Å². The molecule has 0 aromatic heterocycles. The number of nitrogens with zero attached hydrogens (tertiary/aromatic N) is 2. The van der Waals surface area contributed by atoms with Crippen LogP contribution >= 0.6 is 0 Å². The zero-order chi connectivity index (χ0) is 18.7. The standard InChI is InChI=1S/C19H23F3N2O2/c20-19(21,22)16-6-4-5-15(13-16)18(26)24-11-7-14(8-12-24)17(25)23-9-2-1-3-10-23/h4-6,13-14H,1-3,7-12H2. The maximum absolute atomic E-state index is 12.8. The van der Waals surface area contributed by atoms with Crippen LogP contribution in [0.4, 0.5) is 13.2 Å². The fourth-order valence-electron chi connectivity index (χ4n) is 3.71. The zero-order valence-corrected chi connectivity index (χ0v) is 14.6. The number of halogens is 3. The molecule has 142 valence electrons. The van der Waals surface area contributed by atoms with Crippen LogP contribution in [0.25, 0.3) is 0 Å². The third kappa shape index (κ3) is 4.19.